The lowest BCUT2D eigenvalue weighted by Gasteiger charge is -2.18. The topological polar surface area (TPSA) is 100.0 Å². The van der Waals surface area contributed by atoms with Crippen molar-refractivity contribution in [1.29, 1.82) is 0 Å². The summed E-state index contributed by atoms with van der Waals surface area (Å²) in [6.07, 6.45) is 3.06. The second-order valence-electron chi connectivity index (χ2n) is 4.44. The predicted octanol–water partition coefficient (Wildman–Crippen LogP) is 2.02. The summed E-state index contributed by atoms with van der Waals surface area (Å²) in [4.78, 5) is 14.5. The third-order valence-corrected chi connectivity index (χ3v) is 3.13. The van der Waals surface area contributed by atoms with Crippen LogP contribution in [0.5, 0.6) is 0 Å². The minimum absolute atomic E-state index is 0.0744. The molecule has 1 aliphatic heterocycles. The van der Waals surface area contributed by atoms with Crippen LogP contribution in [-0.2, 0) is 9.47 Å². The Morgan fingerprint density at radius 3 is 2.75 bits per heavy atom. The number of ether oxygens (including phenoxy) is 2. The molecule has 7 nitrogen and oxygen atoms in total. The number of nitrogens with zero attached hydrogens (tertiary/aromatic N) is 2. The van der Waals surface area contributed by atoms with Gasteiger partial charge in [0, 0.05) is 13.2 Å². The van der Waals surface area contributed by atoms with Crippen molar-refractivity contribution >= 4 is 16.8 Å². The van der Waals surface area contributed by atoms with E-state index in [1.807, 2.05) is 6.92 Å². The summed E-state index contributed by atoms with van der Waals surface area (Å²) in [5.41, 5.74) is 5.13. The highest BCUT2D eigenvalue weighted by Gasteiger charge is 2.26. The summed E-state index contributed by atoms with van der Waals surface area (Å²) < 4.78 is 10.3. The van der Waals surface area contributed by atoms with Gasteiger partial charge in [0.25, 0.3) is 5.88 Å². The first kappa shape index (κ1) is 16.7. The highest BCUT2D eigenvalue weighted by atomic mass is 35.5. The van der Waals surface area contributed by atoms with Gasteiger partial charge in [0.2, 0.25) is 5.17 Å². The van der Waals surface area contributed by atoms with Gasteiger partial charge in [0.05, 0.1) is 17.6 Å². The highest BCUT2D eigenvalue weighted by molar-refractivity contribution is 6.69. The van der Waals surface area contributed by atoms with Crippen LogP contribution < -0.4 is 5.73 Å². The number of halogens is 1. The van der Waals surface area contributed by atoms with E-state index in [9.17, 15) is 10.1 Å². The number of nitrogens with two attached hydrogens (primary N) is 1. The van der Waals surface area contributed by atoms with Crippen molar-refractivity contribution in [2.24, 2.45) is 10.7 Å². The van der Waals surface area contributed by atoms with Gasteiger partial charge >= 0.3 is 5.70 Å². The molecule has 1 rings (SSSR count). The first-order valence-corrected chi connectivity index (χ1v) is 7.02. The molecule has 1 saturated heterocycles. The Kier molecular flexibility index (Phi) is 7.32. The third-order valence-electron chi connectivity index (χ3n) is 2.85. The average Bonchev–Trinajstić information content (AvgIpc) is 2.39. The van der Waals surface area contributed by atoms with Gasteiger partial charge in [0.15, 0.2) is 0 Å². The standard InChI is InChI=1S/C12H20ClN3O4/c1-2-3-6-20-12(14)10(16(17)18)11(13)15-9-4-7-19-8-5-9/h9H,2-8,14H2,1H3. The Morgan fingerprint density at radius 1 is 1.55 bits per heavy atom. The summed E-state index contributed by atoms with van der Waals surface area (Å²) in [7, 11) is 0. The lowest BCUT2D eigenvalue weighted by molar-refractivity contribution is -0.417. The van der Waals surface area contributed by atoms with Crippen LogP contribution in [-0.4, -0.2) is 36.0 Å². The maximum absolute atomic E-state index is 11.1. The van der Waals surface area contributed by atoms with E-state index in [-0.39, 0.29) is 17.1 Å². The predicted molar refractivity (Wildman–Crippen MR) is 76.2 cm³/mol. The van der Waals surface area contributed by atoms with Crippen LogP contribution in [0.1, 0.15) is 32.6 Å². The number of hydrogen-bond donors (Lipinski definition) is 1. The molecule has 0 spiro atoms. The zero-order valence-electron chi connectivity index (χ0n) is 11.5. The molecule has 8 heteroatoms. The molecule has 1 aliphatic rings. The van der Waals surface area contributed by atoms with Crippen LogP contribution in [0.3, 0.4) is 0 Å². The molecular weight excluding hydrogens is 286 g/mol. The molecule has 0 unspecified atom stereocenters. The van der Waals surface area contributed by atoms with Gasteiger partial charge in [-0.15, -0.1) is 0 Å². The molecule has 2 N–H and O–H groups in total. The monoisotopic (exact) mass is 305 g/mol. The Labute approximate surface area is 122 Å². The van der Waals surface area contributed by atoms with E-state index >= 15 is 0 Å². The van der Waals surface area contributed by atoms with Gasteiger partial charge < -0.3 is 15.2 Å². The van der Waals surface area contributed by atoms with Crippen LogP contribution in [0.2, 0.25) is 0 Å². The maximum atomic E-state index is 11.1. The fraction of sp³-hybridized carbons (Fsp3) is 0.750. The molecule has 0 bridgehead atoms. The number of nitro groups is 1. The van der Waals surface area contributed by atoms with Crippen molar-refractivity contribution in [3.8, 4) is 0 Å². The van der Waals surface area contributed by atoms with E-state index in [0.717, 1.165) is 12.8 Å². The fourth-order valence-electron chi connectivity index (χ4n) is 1.70. The summed E-state index contributed by atoms with van der Waals surface area (Å²) in [5, 5.41) is 10.8. The fourth-order valence-corrected chi connectivity index (χ4v) is 2.00. The van der Waals surface area contributed by atoms with Crippen molar-refractivity contribution in [3.05, 3.63) is 21.7 Å². The van der Waals surface area contributed by atoms with Crippen LogP contribution >= 0.6 is 11.6 Å². The van der Waals surface area contributed by atoms with Crippen molar-refractivity contribution in [2.45, 2.75) is 38.6 Å². The Hall–Kier alpha value is -1.34. The van der Waals surface area contributed by atoms with E-state index in [0.29, 0.717) is 32.7 Å². The van der Waals surface area contributed by atoms with Crippen molar-refractivity contribution in [3.63, 3.8) is 0 Å². The normalized spacial score (nSPS) is 18.6. The van der Waals surface area contributed by atoms with Crippen LogP contribution in [0.15, 0.2) is 16.6 Å². The zero-order valence-corrected chi connectivity index (χ0v) is 12.3. The quantitative estimate of drug-likeness (QED) is 0.255. The largest absolute Gasteiger partial charge is 0.474 e. The molecule has 0 saturated carbocycles. The van der Waals surface area contributed by atoms with Gasteiger partial charge in [-0.25, -0.2) is 0 Å². The molecule has 0 amide bonds. The molecule has 1 heterocycles. The van der Waals surface area contributed by atoms with Crippen molar-refractivity contribution < 1.29 is 14.4 Å². The van der Waals surface area contributed by atoms with Gasteiger partial charge in [-0.05, 0) is 19.3 Å². The minimum Gasteiger partial charge on any atom is -0.474 e. The smallest absolute Gasteiger partial charge is 0.364 e. The number of allylic oxidation sites excluding steroid dienone is 1. The summed E-state index contributed by atoms with van der Waals surface area (Å²) in [5.74, 6) is -0.288. The van der Waals surface area contributed by atoms with E-state index in [1.165, 1.54) is 0 Å². The van der Waals surface area contributed by atoms with E-state index in [4.69, 9.17) is 26.8 Å². The maximum Gasteiger partial charge on any atom is 0.364 e. The van der Waals surface area contributed by atoms with Gasteiger partial charge in [-0.1, -0.05) is 24.9 Å². The molecule has 0 atom stereocenters. The first-order valence-electron chi connectivity index (χ1n) is 6.64. The van der Waals surface area contributed by atoms with Crippen molar-refractivity contribution in [1.82, 2.24) is 0 Å². The van der Waals surface area contributed by atoms with Crippen LogP contribution in [0.4, 0.5) is 0 Å². The molecule has 0 aliphatic carbocycles. The average molecular weight is 306 g/mol. The molecule has 0 aromatic heterocycles. The molecule has 20 heavy (non-hydrogen) atoms. The highest BCUT2D eigenvalue weighted by Crippen LogP contribution is 2.16. The SMILES string of the molecule is CCCCOC(N)=C(C(Cl)=NC1CCOCC1)[N+](=O)[O-]. The number of rotatable bonds is 7. The summed E-state index contributed by atoms with van der Waals surface area (Å²) in [6, 6.07) is -0.0744. The van der Waals surface area contributed by atoms with Gasteiger partial charge in [-0.2, -0.15) is 0 Å². The number of hydrogen-bond acceptors (Lipinski definition) is 6. The Balaban J connectivity index is 2.79. The lowest BCUT2D eigenvalue weighted by Crippen LogP contribution is -2.22. The summed E-state index contributed by atoms with van der Waals surface area (Å²) in [6.45, 7) is 3.47. The molecular formula is C12H20ClN3O4. The molecule has 1 fully saturated rings. The van der Waals surface area contributed by atoms with Crippen LogP contribution in [0.25, 0.3) is 0 Å². The van der Waals surface area contributed by atoms with E-state index < -0.39 is 10.6 Å². The number of aliphatic imine (C=N–C) groups is 1. The first-order chi connectivity index (χ1) is 9.56. The minimum atomic E-state index is -0.660. The van der Waals surface area contributed by atoms with Gasteiger partial charge in [0.1, 0.15) is 0 Å². The zero-order chi connectivity index (χ0) is 15.0. The lowest BCUT2D eigenvalue weighted by atomic mass is 10.1. The van der Waals surface area contributed by atoms with Crippen LogP contribution in [0, 0.1) is 10.1 Å². The molecule has 0 aromatic carbocycles. The Bertz CT molecular complexity index is 392. The van der Waals surface area contributed by atoms with E-state index in [2.05, 4.69) is 4.99 Å². The summed E-state index contributed by atoms with van der Waals surface area (Å²) >= 11 is 5.93. The number of unbranched alkanes of at least 4 members (excludes halogenated alkanes) is 1. The second-order valence-corrected chi connectivity index (χ2v) is 4.79. The van der Waals surface area contributed by atoms with Crippen molar-refractivity contribution in [2.75, 3.05) is 19.8 Å². The molecule has 0 radical (unpaired) electrons. The third kappa shape index (κ3) is 5.34. The Morgan fingerprint density at radius 2 is 2.20 bits per heavy atom. The van der Waals surface area contributed by atoms with Gasteiger partial charge in [-0.3, -0.25) is 15.1 Å². The molecule has 114 valence electrons. The van der Waals surface area contributed by atoms with E-state index in [1.54, 1.807) is 0 Å². The molecule has 0 aromatic rings. The second kappa shape index (κ2) is 8.76.